The topological polar surface area (TPSA) is 69.0 Å². The summed E-state index contributed by atoms with van der Waals surface area (Å²) in [6.45, 7) is 0.311. The third kappa shape index (κ3) is 4.72. The second-order valence-corrected chi connectivity index (χ2v) is 9.63. The van der Waals surface area contributed by atoms with Crippen LogP contribution < -0.4 is 10.1 Å². The maximum atomic E-state index is 12.5. The highest BCUT2D eigenvalue weighted by atomic mass is 35.5. The lowest BCUT2D eigenvalue weighted by atomic mass is 10.1. The van der Waals surface area contributed by atoms with E-state index in [1.54, 1.807) is 6.07 Å². The second-order valence-electron chi connectivity index (χ2n) is 8.28. The molecular formula is C21H25ClN4O2S. The molecule has 154 valence electrons. The molecule has 8 heteroatoms. The molecule has 1 aromatic carbocycles. The summed E-state index contributed by atoms with van der Waals surface area (Å²) >= 11 is 7.64. The molecule has 1 amide bonds. The van der Waals surface area contributed by atoms with Crippen LogP contribution >= 0.6 is 23.4 Å². The van der Waals surface area contributed by atoms with Gasteiger partial charge in [-0.3, -0.25) is 9.36 Å². The van der Waals surface area contributed by atoms with Gasteiger partial charge in [0.05, 0.1) is 10.8 Å². The number of hydrogen-bond acceptors (Lipinski definition) is 5. The van der Waals surface area contributed by atoms with Crippen molar-refractivity contribution in [1.82, 2.24) is 20.1 Å². The van der Waals surface area contributed by atoms with Crippen LogP contribution in [0.1, 0.15) is 50.4 Å². The summed E-state index contributed by atoms with van der Waals surface area (Å²) in [6, 6.07) is 8.21. The Balaban J connectivity index is 1.20. The summed E-state index contributed by atoms with van der Waals surface area (Å²) in [5.74, 6) is 3.33. The van der Waals surface area contributed by atoms with Gasteiger partial charge < -0.3 is 10.1 Å². The molecule has 0 atom stereocenters. The number of benzene rings is 1. The Morgan fingerprint density at radius 1 is 1.17 bits per heavy atom. The average molecular weight is 433 g/mol. The van der Waals surface area contributed by atoms with Crippen molar-refractivity contribution in [3.63, 3.8) is 0 Å². The molecule has 1 aromatic heterocycles. The van der Waals surface area contributed by atoms with E-state index in [-0.39, 0.29) is 5.91 Å². The van der Waals surface area contributed by atoms with Gasteiger partial charge in [-0.25, -0.2) is 0 Å². The van der Waals surface area contributed by atoms with Crippen LogP contribution in [0.25, 0.3) is 0 Å². The predicted molar refractivity (Wildman–Crippen MR) is 112 cm³/mol. The van der Waals surface area contributed by atoms with Crippen LogP contribution in [0.5, 0.6) is 5.75 Å². The van der Waals surface area contributed by atoms with Gasteiger partial charge in [-0.1, -0.05) is 35.5 Å². The third-order valence-corrected chi connectivity index (χ3v) is 7.02. The van der Waals surface area contributed by atoms with Crippen molar-refractivity contribution >= 4 is 29.3 Å². The molecule has 1 N–H and O–H groups in total. The second kappa shape index (κ2) is 8.19. The summed E-state index contributed by atoms with van der Waals surface area (Å²) in [5.41, 5.74) is 0. The fourth-order valence-electron chi connectivity index (χ4n) is 3.80. The van der Waals surface area contributed by atoms with Gasteiger partial charge in [-0.15, -0.1) is 10.2 Å². The van der Waals surface area contributed by atoms with Crippen molar-refractivity contribution in [2.24, 2.45) is 11.8 Å². The molecule has 3 fully saturated rings. The highest BCUT2D eigenvalue weighted by molar-refractivity contribution is 7.99. The molecule has 2 aromatic rings. The fraction of sp³-hybridized carbons (Fsp3) is 0.571. The van der Waals surface area contributed by atoms with Crippen LogP contribution in [0.4, 0.5) is 0 Å². The molecule has 1 heterocycles. The number of carbonyl (C=O) groups excluding carboxylic acids is 1. The van der Waals surface area contributed by atoms with E-state index >= 15 is 0 Å². The predicted octanol–water partition coefficient (Wildman–Crippen LogP) is 4.24. The van der Waals surface area contributed by atoms with E-state index in [0.717, 1.165) is 23.8 Å². The van der Waals surface area contributed by atoms with Gasteiger partial charge in [-0.2, -0.15) is 0 Å². The minimum Gasteiger partial charge on any atom is -0.484 e. The number of nitrogens with one attached hydrogen (secondary N) is 1. The Bertz CT molecular complexity index is 881. The van der Waals surface area contributed by atoms with Crippen LogP contribution in [0.15, 0.2) is 29.4 Å². The maximum absolute atomic E-state index is 12.5. The smallest absolute Gasteiger partial charge is 0.230 e. The first-order chi connectivity index (χ1) is 14.2. The van der Waals surface area contributed by atoms with Crippen molar-refractivity contribution in [2.45, 2.75) is 62.4 Å². The first-order valence-corrected chi connectivity index (χ1v) is 11.8. The molecule has 0 bridgehead atoms. The molecule has 3 aliphatic rings. The van der Waals surface area contributed by atoms with Crippen LogP contribution in [-0.4, -0.2) is 32.5 Å². The van der Waals surface area contributed by atoms with E-state index in [2.05, 4.69) is 20.1 Å². The first-order valence-electron chi connectivity index (χ1n) is 10.4. The number of halogens is 1. The minimum atomic E-state index is 0.109. The number of carbonyl (C=O) groups is 1. The van der Waals surface area contributed by atoms with E-state index in [1.807, 2.05) is 18.2 Å². The Kier molecular flexibility index (Phi) is 5.43. The van der Waals surface area contributed by atoms with Crippen molar-refractivity contribution < 1.29 is 9.53 Å². The lowest BCUT2D eigenvalue weighted by Crippen LogP contribution is -2.39. The van der Waals surface area contributed by atoms with Gasteiger partial charge >= 0.3 is 0 Å². The number of aromatic nitrogens is 3. The zero-order chi connectivity index (χ0) is 19.8. The van der Waals surface area contributed by atoms with Crippen LogP contribution in [0.3, 0.4) is 0 Å². The van der Waals surface area contributed by atoms with E-state index in [4.69, 9.17) is 16.3 Å². The monoisotopic (exact) mass is 432 g/mol. The standard InChI is InChI=1S/C21H25ClN4O2S/c22-16-3-1-2-4-17(16)28-11-18-24-25-21(26(18)15-9-10-15)29-12-19(27)23-20(13-5-6-13)14-7-8-14/h1-4,13-15,20H,5-12H2,(H,23,27). The highest BCUT2D eigenvalue weighted by Crippen LogP contribution is 2.44. The van der Waals surface area contributed by atoms with Gasteiger partial charge in [0, 0.05) is 12.1 Å². The molecule has 0 saturated heterocycles. The average Bonchev–Trinajstić information content (AvgIpc) is 3.58. The van der Waals surface area contributed by atoms with E-state index in [1.165, 1.54) is 37.4 Å². The lowest BCUT2D eigenvalue weighted by Gasteiger charge is -2.17. The molecular weight excluding hydrogens is 408 g/mol. The van der Waals surface area contributed by atoms with E-state index in [9.17, 15) is 4.79 Å². The number of amides is 1. The van der Waals surface area contributed by atoms with Gasteiger partial charge in [0.25, 0.3) is 0 Å². The van der Waals surface area contributed by atoms with Crippen LogP contribution in [0, 0.1) is 11.8 Å². The minimum absolute atomic E-state index is 0.109. The van der Waals surface area contributed by atoms with E-state index < -0.39 is 0 Å². The highest BCUT2D eigenvalue weighted by Gasteiger charge is 2.42. The van der Waals surface area contributed by atoms with Gasteiger partial charge in [-0.05, 0) is 62.5 Å². The molecule has 3 saturated carbocycles. The fourth-order valence-corrected chi connectivity index (χ4v) is 4.82. The normalized spacial score (nSPS) is 18.8. The summed E-state index contributed by atoms with van der Waals surface area (Å²) in [5, 5.41) is 13.3. The Morgan fingerprint density at radius 3 is 2.55 bits per heavy atom. The zero-order valence-corrected chi connectivity index (χ0v) is 17.8. The number of para-hydroxylation sites is 1. The zero-order valence-electron chi connectivity index (χ0n) is 16.2. The number of nitrogens with zero attached hydrogens (tertiary/aromatic N) is 3. The number of thioether (sulfide) groups is 1. The molecule has 6 nitrogen and oxygen atoms in total. The summed E-state index contributed by atoms with van der Waals surface area (Å²) in [4.78, 5) is 12.5. The van der Waals surface area contributed by atoms with Gasteiger partial charge in [0.2, 0.25) is 5.91 Å². The SMILES string of the molecule is O=C(CSc1nnc(COc2ccccc2Cl)n1C1CC1)NC(C1CC1)C1CC1. The molecule has 0 radical (unpaired) electrons. The van der Waals surface area contributed by atoms with Crippen LogP contribution in [-0.2, 0) is 11.4 Å². The van der Waals surface area contributed by atoms with Crippen molar-refractivity contribution in [3.8, 4) is 5.75 Å². The molecule has 0 aliphatic heterocycles. The Morgan fingerprint density at radius 2 is 1.90 bits per heavy atom. The summed E-state index contributed by atoms with van der Waals surface area (Å²) in [6.07, 6.45) is 7.28. The first kappa shape index (κ1) is 19.2. The molecule has 5 rings (SSSR count). The lowest BCUT2D eigenvalue weighted by molar-refractivity contribution is -0.119. The van der Waals surface area contributed by atoms with Gasteiger partial charge in [0.1, 0.15) is 12.4 Å². The maximum Gasteiger partial charge on any atom is 0.230 e. The Labute approximate surface area is 179 Å². The third-order valence-electron chi connectivity index (χ3n) is 5.76. The Hall–Kier alpha value is -1.73. The quantitative estimate of drug-likeness (QED) is 0.568. The van der Waals surface area contributed by atoms with Crippen LogP contribution in [0.2, 0.25) is 5.02 Å². The largest absolute Gasteiger partial charge is 0.484 e. The van der Waals surface area contributed by atoms with Gasteiger partial charge in [0.15, 0.2) is 11.0 Å². The molecule has 3 aliphatic carbocycles. The summed E-state index contributed by atoms with van der Waals surface area (Å²) < 4.78 is 7.99. The van der Waals surface area contributed by atoms with Crippen molar-refractivity contribution in [2.75, 3.05) is 5.75 Å². The van der Waals surface area contributed by atoms with Crippen molar-refractivity contribution in [3.05, 3.63) is 35.1 Å². The summed E-state index contributed by atoms with van der Waals surface area (Å²) in [7, 11) is 0. The molecule has 29 heavy (non-hydrogen) atoms. The number of hydrogen-bond donors (Lipinski definition) is 1. The number of rotatable bonds is 10. The molecule has 0 unspecified atom stereocenters. The van der Waals surface area contributed by atoms with Crippen molar-refractivity contribution in [1.29, 1.82) is 0 Å². The number of ether oxygens (including phenoxy) is 1. The van der Waals surface area contributed by atoms with E-state index in [0.29, 0.717) is 47.1 Å². The molecule has 0 spiro atoms.